The molecule has 3 aromatic rings. The molecular formula is C18H15ClN2O5. The zero-order valence-electron chi connectivity index (χ0n) is 14.0. The number of nitrogens with zero attached hydrogens (tertiary/aromatic N) is 1. The molecule has 7 nitrogen and oxygen atoms in total. The van der Waals surface area contributed by atoms with Crippen molar-refractivity contribution >= 4 is 33.9 Å². The minimum absolute atomic E-state index is 0.0654. The first-order valence-electron chi connectivity index (χ1n) is 7.68. The van der Waals surface area contributed by atoms with Crippen LogP contribution in [0.3, 0.4) is 0 Å². The Hall–Kier alpha value is -3.06. The molecule has 8 heteroatoms. The molecular weight excluding hydrogens is 360 g/mol. The maximum atomic E-state index is 11.8. The molecule has 0 radical (unpaired) electrons. The highest BCUT2D eigenvalue weighted by Crippen LogP contribution is 2.30. The molecule has 0 saturated carbocycles. The average molecular weight is 375 g/mol. The topological polar surface area (TPSA) is 94.6 Å². The van der Waals surface area contributed by atoms with Gasteiger partial charge in [-0.15, -0.1) is 0 Å². The molecule has 0 atom stereocenters. The summed E-state index contributed by atoms with van der Waals surface area (Å²) >= 11 is 6.18. The number of nitro groups is 1. The minimum Gasteiger partial charge on any atom is -0.495 e. The fourth-order valence-corrected chi connectivity index (χ4v) is 2.80. The molecule has 1 aromatic heterocycles. The number of anilines is 1. The van der Waals surface area contributed by atoms with E-state index in [1.807, 2.05) is 6.92 Å². The van der Waals surface area contributed by atoms with E-state index in [0.717, 1.165) is 5.56 Å². The molecule has 134 valence electrons. The SMILES string of the molecule is COc1ccc([N+](=O)[O-])cc1NCc1cc(=O)oc2cc(C)c(Cl)cc12. The van der Waals surface area contributed by atoms with Gasteiger partial charge in [0, 0.05) is 35.2 Å². The van der Waals surface area contributed by atoms with Crippen LogP contribution in [0.4, 0.5) is 11.4 Å². The van der Waals surface area contributed by atoms with Crippen molar-refractivity contribution in [3.05, 3.63) is 73.1 Å². The standard InChI is InChI=1S/C18H15ClN2O5/c1-10-5-17-13(8-14(10)19)11(6-18(22)26-17)9-20-15-7-12(21(23)24)3-4-16(15)25-2/h3-8,20H,9H2,1-2H3. The van der Waals surface area contributed by atoms with Gasteiger partial charge in [0.25, 0.3) is 5.69 Å². The molecule has 0 amide bonds. The summed E-state index contributed by atoms with van der Waals surface area (Å²) in [4.78, 5) is 22.3. The Bertz CT molecular complexity index is 1060. The van der Waals surface area contributed by atoms with E-state index in [1.54, 1.807) is 12.1 Å². The molecule has 26 heavy (non-hydrogen) atoms. The third-order valence-electron chi connectivity index (χ3n) is 3.97. The van der Waals surface area contributed by atoms with Crippen molar-refractivity contribution in [3.63, 3.8) is 0 Å². The number of fused-ring (bicyclic) bond motifs is 1. The number of methoxy groups -OCH3 is 1. The molecule has 0 saturated heterocycles. The van der Waals surface area contributed by atoms with Gasteiger partial charge in [0.2, 0.25) is 0 Å². The maximum absolute atomic E-state index is 11.8. The Morgan fingerprint density at radius 1 is 1.27 bits per heavy atom. The Labute approximate surface area is 153 Å². The fourth-order valence-electron chi connectivity index (χ4n) is 2.63. The summed E-state index contributed by atoms with van der Waals surface area (Å²) in [5.41, 5.74) is 1.79. The van der Waals surface area contributed by atoms with Crippen LogP contribution in [0.25, 0.3) is 11.0 Å². The third-order valence-corrected chi connectivity index (χ3v) is 4.38. The van der Waals surface area contributed by atoms with Gasteiger partial charge in [0.15, 0.2) is 0 Å². The highest BCUT2D eigenvalue weighted by molar-refractivity contribution is 6.32. The van der Waals surface area contributed by atoms with Crippen LogP contribution in [0.5, 0.6) is 5.75 Å². The molecule has 0 aliphatic carbocycles. The van der Waals surface area contributed by atoms with Crippen LogP contribution in [0, 0.1) is 17.0 Å². The van der Waals surface area contributed by atoms with Gasteiger partial charge in [-0.2, -0.15) is 0 Å². The van der Waals surface area contributed by atoms with Crippen molar-refractivity contribution in [3.8, 4) is 5.75 Å². The number of aryl methyl sites for hydroxylation is 1. The fraction of sp³-hybridized carbons (Fsp3) is 0.167. The Morgan fingerprint density at radius 3 is 2.73 bits per heavy atom. The van der Waals surface area contributed by atoms with Crippen molar-refractivity contribution in [1.29, 1.82) is 0 Å². The van der Waals surface area contributed by atoms with Gasteiger partial charge in [0.1, 0.15) is 11.3 Å². The highest BCUT2D eigenvalue weighted by atomic mass is 35.5. The summed E-state index contributed by atoms with van der Waals surface area (Å²) < 4.78 is 10.5. The van der Waals surface area contributed by atoms with Gasteiger partial charge in [-0.25, -0.2) is 4.79 Å². The van der Waals surface area contributed by atoms with Crippen molar-refractivity contribution in [2.24, 2.45) is 0 Å². The summed E-state index contributed by atoms with van der Waals surface area (Å²) in [6.07, 6.45) is 0. The van der Waals surface area contributed by atoms with Crippen LogP contribution in [0.1, 0.15) is 11.1 Å². The third kappa shape index (κ3) is 3.48. The van der Waals surface area contributed by atoms with E-state index in [0.29, 0.717) is 33.0 Å². The lowest BCUT2D eigenvalue weighted by Gasteiger charge is -2.12. The molecule has 0 aliphatic rings. The summed E-state index contributed by atoms with van der Waals surface area (Å²) in [5.74, 6) is 0.455. The van der Waals surface area contributed by atoms with Gasteiger partial charge in [-0.3, -0.25) is 10.1 Å². The van der Waals surface area contributed by atoms with Gasteiger partial charge in [0.05, 0.1) is 17.7 Å². The molecule has 1 heterocycles. The van der Waals surface area contributed by atoms with Crippen LogP contribution in [-0.2, 0) is 6.54 Å². The van der Waals surface area contributed by atoms with Gasteiger partial charge >= 0.3 is 5.63 Å². The minimum atomic E-state index is -0.486. The normalized spacial score (nSPS) is 10.7. The first-order chi connectivity index (χ1) is 12.4. The van der Waals surface area contributed by atoms with E-state index >= 15 is 0 Å². The molecule has 0 unspecified atom stereocenters. The van der Waals surface area contributed by atoms with Gasteiger partial charge in [-0.05, 0) is 36.2 Å². The number of ether oxygens (including phenoxy) is 1. The number of nitrogens with one attached hydrogen (secondary N) is 1. The summed E-state index contributed by atoms with van der Waals surface area (Å²) in [5, 5.41) is 15.3. The highest BCUT2D eigenvalue weighted by Gasteiger charge is 2.13. The largest absolute Gasteiger partial charge is 0.495 e. The van der Waals surface area contributed by atoms with E-state index in [2.05, 4.69) is 5.32 Å². The van der Waals surface area contributed by atoms with Gasteiger partial charge < -0.3 is 14.5 Å². The van der Waals surface area contributed by atoms with E-state index < -0.39 is 10.5 Å². The maximum Gasteiger partial charge on any atom is 0.336 e. The number of non-ortho nitro benzene ring substituents is 1. The lowest BCUT2D eigenvalue weighted by molar-refractivity contribution is -0.384. The summed E-state index contributed by atoms with van der Waals surface area (Å²) in [6.45, 7) is 2.06. The number of nitro benzene ring substituents is 1. The second-order valence-electron chi connectivity index (χ2n) is 5.68. The Morgan fingerprint density at radius 2 is 2.04 bits per heavy atom. The van der Waals surface area contributed by atoms with Crippen molar-refractivity contribution < 1.29 is 14.1 Å². The smallest absolute Gasteiger partial charge is 0.336 e. The van der Waals surface area contributed by atoms with Crippen LogP contribution in [0.15, 0.2) is 45.6 Å². The zero-order chi connectivity index (χ0) is 18.8. The molecule has 1 N–H and O–H groups in total. The predicted octanol–water partition coefficient (Wildman–Crippen LogP) is 4.28. The number of hydrogen-bond donors (Lipinski definition) is 1. The van der Waals surface area contributed by atoms with E-state index in [-0.39, 0.29) is 12.2 Å². The van der Waals surface area contributed by atoms with Crippen LogP contribution in [0.2, 0.25) is 5.02 Å². The summed E-state index contributed by atoms with van der Waals surface area (Å²) in [6, 6.07) is 9.05. The second kappa shape index (κ2) is 7.05. The lowest BCUT2D eigenvalue weighted by Crippen LogP contribution is -2.07. The van der Waals surface area contributed by atoms with Crippen LogP contribution >= 0.6 is 11.6 Å². The quantitative estimate of drug-likeness (QED) is 0.407. The first kappa shape index (κ1) is 17.8. The molecule has 3 rings (SSSR count). The Balaban J connectivity index is 2.00. The molecule has 0 fully saturated rings. The van der Waals surface area contributed by atoms with E-state index in [4.69, 9.17) is 20.8 Å². The van der Waals surface area contributed by atoms with E-state index in [1.165, 1.54) is 31.4 Å². The zero-order valence-corrected chi connectivity index (χ0v) is 14.8. The molecule has 2 aromatic carbocycles. The number of halogens is 1. The lowest BCUT2D eigenvalue weighted by atomic mass is 10.1. The number of rotatable bonds is 5. The molecule has 0 spiro atoms. The summed E-state index contributed by atoms with van der Waals surface area (Å²) in [7, 11) is 1.47. The Kier molecular flexibility index (Phi) is 4.81. The van der Waals surface area contributed by atoms with Crippen molar-refractivity contribution in [2.45, 2.75) is 13.5 Å². The van der Waals surface area contributed by atoms with Crippen molar-refractivity contribution in [2.75, 3.05) is 12.4 Å². The van der Waals surface area contributed by atoms with Crippen LogP contribution < -0.4 is 15.7 Å². The number of hydrogen-bond acceptors (Lipinski definition) is 6. The number of benzene rings is 2. The predicted molar refractivity (Wildman–Crippen MR) is 99.2 cm³/mol. The molecule has 0 aliphatic heterocycles. The molecule has 0 bridgehead atoms. The average Bonchev–Trinajstić information content (AvgIpc) is 2.60. The first-order valence-corrected chi connectivity index (χ1v) is 8.06. The van der Waals surface area contributed by atoms with Gasteiger partial charge in [-0.1, -0.05) is 11.6 Å². The second-order valence-corrected chi connectivity index (χ2v) is 6.09. The van der Waals surface area contributed by atoms with E-state index in [9.17, 15) is 14.9 Å². The van der Waals surface area contributed by atoms with Crippen molar-refractivity contribution in [1.82, 2.24) is 0 Å². The monoisotopic (exact) mass is 374 g/mol. The van der Waals surface area contributed by atoms with Crippen LogP contribution in [-0.4, -0.2) is 12.0 Å².